The third-order valence-corrected chi connectivity index (χ3v) is 7.76. The van der Waals surface area contributed by atoms with Gasteiger partial charge in [0.1, 0.15) is 12.1 Å². The Labute approximate surface area is 189 Å². The number of sulfonamides is 1. The van der Waals surface area contributed by atoms with Crippen LogP contribution < -0.4 is 4.72 Å². The summed E-state index contributed by atoms with van der Waals surface area (Å²) >= 11 is 0. The zero-order valence-electron chi connectivity index (χ0n) is 17.6. The summed E-state index contributed by atoms with van der Waals surface area (Å²) in [6.45, 7) is 4.34. The van der Waals surface area contributed by atoms with Crippen molar-refractivity contribution in [3.05, 3.63) is 42.5 Å². The van der Waals surface area contributed by atoms with Gasteiger partial charge in [-0.05, 0) is 31.0 Å². The fraction of sp³-hybridized carbons (Fsp3) is 0.524. The number of nitrogens with one attached hydrogen (secondary N) is 1. The number of halogens is 3. The number of hydrogen-bond donors (Lipinski definition) is 1. The van der Waals surface area contributed by atoms with Crippen molar-refractivity contribution >= 4 is 21.8 Å². The van der Waals surface area contributed by atoms with Gasteiger partial charge >= 0.3 is 6.18 Å². The first kappa shape index (κ1) is 23.7. The molecule has 0 radical (unpaired) electrons. The molecule has 0 bridgehead atoms. The lowest BCUT2D eigenvalue weighted by molar-refractivity contribution is -0.161. The molecule has 4 atom stereocenters. The monoisotopic (exact) mass is 487 g/mol. The van der Waals surface area contributed by atoms with E-state index >= 15 is 0 Å². The average molecular weight is 488 g/mol. The summed E-state index contributed by atoms with van der Waals surface area (Å²) in [7, 11) is -4.26. The van der Waals surface area contributed by atoms with E-state index in [9.17, 15) is 31.2 Å². The van der Waals surface area contributed by atoms with Crippen LogP contribution in [0.4, 0.5) is 13.2 Å². The molecular formula is C21H24F3N3O5S. The maximum absolute atomic E-state index is 13.1. The maximum Gasteiger partial charge on any atom is 0.416 e. The third kappa shape index (κ3) is 4.64. The number of amides is 2. The molecule has 3 fully saturated rings. The molecule has 33 heavy (non-hydrogen) atoms. The van der Waals surface area contributed by atoms with Crippen LogP contribution in [0.15, 0.2) is 41.8 Å². The van der Waals surface area contributed by atoms with Crippen LogP contribution in [0.2, 0.25) is 0 Å². The molecule has 2 amide bonds. The first-order valence-electron chi connectivity index (χ1n) is 10.5. The zero-order valence-corrected chi connectivity index (χ0v) is 18.4. The largest absolute Gasteiger partial charge is 0.416 e. The summed E-state index contributed by atoms with van der Waals surface area (Å²) in [4.78, 5) is 28.5. The minimum absolute atomic E-state index is 0.0458. The van der Waals surface area contributed by atoms with E-state index in [-0.39, 0.29) is 43.8 Å². The number of alkyl halides is 3. The van der Waals surface area contributed by atoms with Crippen LogP contribution in [0.5, 0.6) is 0 Å². The van der Waals surface area contributed by atoms with Crippen molar-refractivity contribution in [2.45, 2.75) is 54.6 Å². The molecule has 0 unspecified atom stereocenters. The van der Waals surface area contributed by atoms with E-state index in [1.54, 1.807) is 6.08 Å². The van der Waals surface area contributed by atoms with Gasteiger partial charge in [-0.2, -0.15) is 13.2 Å². The molecule has 3 saturated heterocycles. The van der Waals surface area contributed by atoms with Crippen LogP contribution in [0.3, 0.4) is 0 Å². The maximum atomic E-state index is 13.1. The number of nitrogens with zero attached hydrogens (tertiary/aromatic N) is 2. The number of carbonyl (C=O) groups excluding carboxylic acids is 2. The Bertz CT molecular complexity index is 1060. The highest BCUT2D eigenvalue weighted by atomic mass is 32.2. The third-order valence-electron chi connectivity index (χ3n) is 6.24. The normalized spacial score (nSPS) is 28.0. The highest BCUT2D eigenvalue weighted by Crippen LogP contribution is 2.34. The van der Waals surface area contributed by atoms with Crippen LogP contribution in [0.25, 0.3) is 0 Å². The summed E-state index contributed by atoms with van der Waals surface area (Å²) < 4.78 is 72.4. The van der Waals surface area contributed by atoms with Crippen molar-refractivity contribution in [3.8, 4) is 0 Å². The molecule has 4 rings (SSSR count). The fourth-order valence-electron chi connectivity index (χ4n) is 4.68. The van der Waals surface area contributed by atoms with Crippen molar-refractivity contribution in [1.29, 1.82) is 0 Å². The Morgan fingerprint density at radius 1 is 1.15 bits per heavy atom. The summed E-state index contributed by atoms with van der Waals surface area (Å²) in [6.07, 6.45) is -2.68. The van der Waals surface area contributed by atoms with E-state index in [1.807, 2.05) is 0 Å². The number of fused-ring (bicyclic) bond motifs is 2. The second-order valence-electron chi connectivity index (χ2n) is 8.40. The molecule has 0 spiro atoms. The number of piperidine rings is 1. The number of hydrogen-bond acceptors (Lipinski definition) is 5. The highest BCUT2D eigenvalue weighted by molar-refractivity contribution is 7.89. The van der Waals surface area contributed by atoms with Gasteiger partial charge in [0.05, 0.1) is 23.2 Å². The van der Waals surface area contributed by atoms with Gasteiger partial charge in [-0.3, -0.25) is 9.59 Å². The molecule has 3 aliphatic heterocycles. The molecule has 3 aliphatic rings. The number of piperazine rings is 1. The first-order chi connectivity index (χ1) is 15.5. The lowest BCUT2D eigenvalue weighted by Gasteiger charge is -2.46. The van der Waals surface area contributed by atoms with E-state index in [1.165, 1.54) is 9.80 Å². The summed E-state index contributed by atoms with van der Waals surface area (Å²) in [6, 6.07) is 1.36. The second-order valence-corrected chi connectivity index (χ2v) is 10.1. The van der Waals surface area contributed by atoms with E-state index in [0.29, 0.717) is 19.1 Å². The van der Waals surface area contributed by atoms with Crippen molar-refractivity contribution in [2.24, 2.45) is 0 Å². The first-order valence-corrected chi connectivity index (χ1v) is 12.0. The van der Waals surface area contributed by atoms with Gasteiger partial charge in [-0.25, -0.2) is 13.1 Å². The number of rotatable bonds is 6. The standard InChI is InChI=1S/C21H24F3N3O5S/c1-2-8-32-15-11-18-19(28)26-7-6-14(10-17(26)20(29)27(18)12-15)25-33(30,31)16-5-3-4-13(9-16)21(22,23)24/h2-5,9,14-15,17-18,25H,1,6-8,10-12H2/t14-,15+,17-,18-/m0/s1. The topological polar surface area (TPSA) is 96.0 Å². The Kier molecular flexibility index (Phi) is 6.27. The molecule has 180 valence electrons. The van der Waals surface area contributed by atoms with Gasteiger partial charge in [0.2, 0.25) is 21.8 Å². The van der Waals surface area contributed by atoms with Gasteiger partial charge in [0.15, 0.2) is 0 Å². The molecule has 1 aromatic rings. The van der Waals surface area contributed by atoms with Gasteiger partial charge in [0.25, 0.3) is 0 Å². The van der Waals surface area contributed by atoms with Crippen molar-refractivity contribution in [2.75, 3.05) is 19.7 Å². The lowest BCUT2D eigenvalue weighted by Crippen LogP contribution is -2.66. The van der Waals surface area contributed by atoms with E-state index < -0.39 is 44.8 Å². The summed E-state index contributed by atoms with van der Waals surface area (Å²) in [5.74, 6) is -0.462. The zero-order chi connectivity index (χ0) is 24.0. The van der Waals surface area contributed by atoms with E-state index in [4.69, 9.17) is 4.74 Å². The van der Waals surface area contributed by atoms with Crippen molar-refractivity contribution in [3.63, 3.8) is 0 Å². The Hall–Kier alpha value is -2.44. The van der Waals surface area contributed by atoms with E-state index in [2.05, 4.69) is 11.3 Å². The predicted molar refractivity (Wildman–Crippen MR) is 110 cm³/mol. The van der Waals surface area contributed by atoms with Gasteiger partial charge in [0, 0.05) is 25.6 Å². The summed E-state index contributed by atoms with van der Waals surface area (Å²) in [5, 5.41) is 0. The second kappa shape index (κ2) is 8.73. The minimum atomic E-state index is -4.68. The predicted octanol–water partition coefficient (Wildman–Crippen LogP) is 1.53. The smallest absolute Gasteiger partial charge is 0.372 e. The SMILES string of the molecule is C=CCO[C@@H]1C[C@H]2C(=O)N3CC[C@H](NS(=O)(=O)c4cccc(C(F)(F)F)c4)C[C@H]3C(=O)N2C1. The Balaban J connectivity index is 1.47. The quantitative estimate of drug-likeness (QED) is 0.614. The van der Waals surface area contributed by atoms with Crippen LogP contribution in [0.1, 0.15) is 24.8 Å². The van der Waals surface area contributed by atoms with Crippen LogP contribution >= 0.6 is 0 Å². The molecule has 3 heterocycles. The van der Waals surface area contributed by atoms with Gasteiger partial charge < -0.3 is 14.5 Å². The molecule has 12 heteroatoms. The molecule has 0 saturated carbocycles. The summed E-state index contributed by atoms with van der Waals surface area (Å²) in [5.41, 5.74) is -1.07. The lowest BCUT2D eigenvalue weighted by atomic mass is 9.93. The van der Waals surface area contributed by atoms with Crippen LogP contribution in [-0.4, -0.2) is 74.0 Å². The molecule has 1 aromatic carbocycles. The number of ether oxygens (including phenoxy) is 1. The Morgan fingerprint density at radius 2 is 1.85 bits per heavy atom. The molecule has 1 N–H and O–H groups in total. The van der Waals surface area contributed by atoms with Crippen LogP contribution in [-0.2, 0) is 30.5 Å². The molecule has 0 aromatic heterocycles. The Morgan fingerprint density at radius 3 is 2.55 bits per heavy atom. The number of benzene rings is 1. The average Bonchev–Trinajstić information content (AvgIpc) is 3.20. The molecule has 8 nitrogen and oxygen atoms in total. The number of carbonyl (C=O) groups is 2. The highest BCUT2D eigenvalue weighted by Gasteiger charge is 2.52. The molecule has 0 aliphatic carbocycles. The van der Waals surface area contributed by atoms with Crippen molar-refractivity contribution in [1.82, 2.24) is 14.5 Å². The van der Waals surface area contributed by atoms with E-state index in [0.717, 1.165) is 18.2 Å². The van der Waals surface area contributed by atoms with Crippen LogP contribution in [0, 0.1) is 0 Å². The minimum Gasteiger partial charge on any atom is -0.372 e. The van der Waals surface area contributed by atoms with Gasteiger partial charge in [-0.15, -0.1) is 6.58 Å². The van der Waals surface area contributed by atoms with Crippen molar-refractivity contribution < 1.29 is 35.9 Å². The fourth-order valence-corrected chi connectivity index (χ4v) is 6.01. The molecular weight excluding hydrogens is 463 g/mol. The van der Waals surface area contributed by atoms with Gasteiger partial charge in [-0.1, -0.05) is 12.1 Å².